The van der Waals surface area contributed by atoms with Crippen LogP contribution in [0.2, 0.25) is 0 Å². The highest BCUT2D eigenvalue weighted by Gasteiger charge is 2.24. The van der Waals surface area contributed by atoms with Crippen molar-refractivity contribution in [2.45, 2.75) is 25.4 Å². The number of carbonyl (C=O) groups is 5. The van der Waals surface area contributed by atoms with Crippen LogP contribution in [0.4, 0.5) is 0 Å². The Hall–Kier alpha value is -3.48. The van der Waals surface area contributed by atoms with Gasteiger partial charge in [0.1, 0.15) is 17.8 Å². The summed E-state index contributed by atoms with van der Waals surface area (Å²) < 4.78 is 15.3. The van der Waals surface area contributed by atoms with E-state index in [9.17, 15) is 28.5 Å². The predicted octanol–water partition coefficient (Wildman–Crippen LogP) is -2.70. The van der Waals surface area contributed by atoms with E-state index >= 15 is 0 Å². The molecule has 0 spiro atoms. The second kappa shape index (κ2) is 11.1. The monoisotopic (exact) mass is 459 g/mol. The first kappa shape index (κ1) is 25.6. The first-order valence-electron chi connectivity index (χ1n) is 8.55. The summed E-state index contributed by atoms with van der Waals surface area (Å²) in [4.78, 5) is 75.6. The number of nitrogens with one attached hydrogen (secondary N) is 3. The third-order valence-electron chi connectivity index (χ3n) is 3.55. The zero-order chi connectivity index (χ0) is 23.8. The molecule has 9 N–H and O–H groups in total. The van der Waals surface area contributed by atoms with Gasteiger partial charge >= 0.3 is 7.82 Å². The highest BCUT2D eigenvalue weighted by molar-refractivity contribution is 7.46. The third-order valence-corrected chi connectivity index (χ3v) is 4.00. The summed E-state index contributed by atoms with van der Waals surface area (Å²) in [6.45, 7) is 0.538. The van der Waals surface area contributed by atoms with Gasteiger partial charge in [-0.05, 0) is 17.7 Å². The molecule has 1 rings (SSSR count). The minimum atomic E-state index is -4.77. The molecular weight excluding hydrogens is 437 g/mol. The number of amides is 5. The molecule has 5 amide bonds. The second-order valence-electron chi connectivity index (χ2n) is 6.20. The Bertz CT molecular complexity index is 899. The van der Waals surface area contributed by atoms with Crippen molar-refractivity contribution < 1.29 is 42.8 Å². The summed E-state index contributed by atoms with van der Waals surface area (Å²) in [6.07, 6.45) is -0.521. The van der Waals surface area contributed by atoms with E-state index in [0.717, 1.165) is 6.92 Å². The van der Waals surface area contributed by atoms with Gasteiger partial charge < -0.3 is 31.9 Å². The highest BCUT2D eigenvalue weighted by Crippen LogP contribution is 2.37. The first-order valence-corrected chi connectivity index (χ1v) is 10.1. The smallest absolute Gasteiger partial charge is 0.404 e. The number of primary amides is 2. The van der Waals surface area contributed by atoms with E-state index in [2.05, 4.69) is 20.5 Å². The number of hydrogen-bond acceptors (Lipinski definition) is 7. The summed E-state index contributed by atoms with van der Waals surface area (Å²) >= 11 is 0. The predicted molar refractivity (Wildman–Crippen MR) is 104 cm³/mol. The van der Waals surface area contributed by atoms with E-state index in [-0.39, 0.29) is 11.3 Å². The standard InChI is InChI=1S/C16H22N5O9P/c1-8(22)20-14(9-2-4-10(5-3-9)30-31(27,28)29)16(26)19-7-13(24)21-11(15(18)25)6-12(17)23/h2-5,11,14H,6-7H2,1H3,(H2,17,23)(H2,18,25)(H,19,26)(H,20,22)(H,21,24)(H2,27,28,29). The van der Waals surface area contributed by atoms with Gasteiger partial charge in [0.25, 0.3) is 0 Å². The van der Waals surface area contributed by atoms with Crippen LogP contribution < -0.4 is 31.9 Å². The van der Waals surface area contributed by atoms with Gasteiger partial charge in [-0.25, -0.2) is 4.57 Å². The van der Waals surface area contributed by atoms with Crippen LogP contribution in [0.15, 0.2) is 24.3 Å². The molecule has 0 fully saturated rings. The summed E-state index contributed by atoms with van der Waals surface area (Å²) in [5.74, 6) is -4.26. The Labute approximate surface area is 175 Å². The fraction of sp³-hybridized carbons (Fsp3) is 0.312. The summed E-state index contributed by atoms with van der Waals surface area (Å²) in [7, 11) is -4.77. The molecule has 0 radical (unpaired) electrons. The molecule has 0 aliphatic heterocycles. The van der Waals surface area contributed by atoms with Gasteiger partial charge in [-0.2, -0.15) is 0 Å². The van der Waals surface area contributed by atoms with Gasteiger partial charge in [-0.1, -0.05) is 12.1 Å². The molecule has 2 atom stereocenters. The maximum absolute atomic E-state index is 12.5. The lowest BCUT2D eigenvalue weighted by atomic mass is 10.1. The van der Waals surface area contributed by atoms with Crippen molar-refractivity contribution in [2.24, 2.45) is 11.5 Å². The molecule has 0 saturated carbocycles. The quantitative estimate of drug-likeness (QED) is 0.170. The van der Waals surface area contributed by atoms with Gasteiger partial charge in [0.05, 0.1) is 13.0 Å². The number of carbonyl (C=O) groups excluding carboxylic acids is 5. The lowest BCUT2D eigenvalue weighted by Crippen LogP contribution is -2.50. The lowest BCUT2D eigenvalue weighted by molar-refractivity contribution is -0.131. The fourth-order valence-corrected chi connectivity index (χ4v) is 2.70. The molecule has 0 aliphatic carbocycles. The Morgan fingerprint density at radius 2 is 1.65 bits per heavy atom. The molecule has 0 bridgehead atoms. The molecular formula is C16H22N5O9P. The number of nitrogens with two attached hydrogens (primary N) is 2. The molecule has 0 aliphatic rings. The Morgan fingerprint density at radius 3 is 2.10 bits per heavy atom. The molecule has 1 aromatic carbocycles. The molecule has 31 heavy (non-hydrogen) atoms. The normalized spacial score (nSPS) is 12.7. The van der Waals surface area contributed by atoms with Crippen LogP contribution in [0.25, 0.3) is 0 Å². The molecule has 2 unspecified atom stereocenters. The molecule has 170 valence electrons. The first-order chi connectivity index (χ1) is 14.3. The number of phosphoric acid groups is 1. The van der Waals surface area contributed by atoms with Crippen LogP contribution in [0.5, 0.6) is 5.75 Å². The van der Waals surface area contributed by atoms with Crippen molar-refractivity contribution in [3.05, 3.63) is 29.8 Å². The molecule has 1 aromatic rings. The maximum atomic E-state index is 12.5. The second-order valence-corrected chi connectivity index (χ2v) is 7.36. The van der Waals surface area contributed by atoms with Crippen molar-refractivity contribution in [2.75, 3.05) is 6.54 Å². The highest BCUT2D eigenvalue weighted by atomic mass is 31.2. The number of phosphoric ester groups is 1. The van der Waals surface area contributed by atoms with E-state index in [0.29, 0.717) is 0 Å². The van der Waals surface area contributed by atoms with E-state index in [1.165, 1.54) is 24.3 Å². The average Bonchev–Trinajstić information content (AvgIpc) is 2.62. The van der Waals surface area contributed by atoms with E-state index < -0.39 is 62.4 Å². The zero-order valence-electron chi connectivity index (χ0n) is 16.2. The van der Waals surface area contributed by atoms with Crippen molar-refractivity contribution in [1.82, 2.24) is 16.0 Å². The Kier molecular flexibility index (Phi) is 9.12. The number of hydrogen-bond donors (Lipinski definition) is 7. The minimum Gasteiger partial charge on any atom is -0.404 e. The molecule has 0 heterocycles. The molecule has 0 aromatic heterocycles. The van der Waals surface area contributed by atoms with Crippen molar-refractivity contribution in [3.63, 3.8) is 0 Å². The maximum Gasteiger partial charge on any atom is 0.524 e. The van der Waals surface area contributed by atoms with Crippen molar-refractivity contribution in [3.8, 4) is 5.75 Å². The Balaban J connectivity index is 2.83. The Morgan fingerprint density at radius 1 is 1.06 bits per heavy atom. The lowest BCUT2D eigenvalue weighted by Gasteiger charge is -2.19. The summed E-state index contributed by atoms with van der Waals surface area (Å²) in [5.41, 5.74) is 10.2. The SMILES string of the molecule is CC(=O)NC(C(=O)NCC(=O)NC(CC(N)=O)C(N)=O)c1ccc(OP(=O)(O)O)cc1. The topological polar surface area (TPSA) is 240 Å². The van der Waals surface area contributed by atoms with Crippen LogP contribution >= 0.6 is 7.82 Å². The molecule has 0 saturated heterocycles. The van der Waals surface area contributed by atoms with Crippen LogP contribution in [0.3, 0.4) is 0 Å². The van der Waals surface area contributed by atoms with Crippen LogP contribution in [0, 0.1) is 0 Å². The number of benzene rings is 1. The van der Waals surface area contributed by atoms with Crippen LogP contribution in [-0.4, -0.2) is 51.9 Å². The minimum absolute atomic E-state index is 0.176. The van der Waals surface area contributed by atoms with Gasteiger partial charge in [0, 0.05) is 6.92 Å². The van der Waals surface area contributed by atoms with Gasteiger partial charge in [-0.15, -0.1) is 0 Å². The zero-order valence-corrected chi connectivity index (χ0v) is 17.1. The van der Waals surface area contributed by atoms with Crippen LogP contribution in [-0.2, 0) is 28.5 Å². The van der Waals surface area contributed by atoms with Crippen LogP contribution in [0.1, 0.15) is 24.9 Å². The fourth-order valence-electron chi connectivity index (χ4n) is 2.30. The van der Waals surface area contributed by atoms with Gasteiger partial charge in [0.15, 0.2) is 0 Å². The summed E-state index contributed by atoms with van der Waals surface area (Å²) in [6, 6.07) is 2.29. The number of rotatable bonds is 11. The van der Waals surface area contributed by atoms with Gasteiger partial charge in [-0.3, -0.25) is 33.8 Å². The average molecular weight is 459 g/mol. The van der Waals surface area contributed by atoms with E-state index in [1.54, 1.807) is 0 Å². The van der Waals surface area contributed by atoms with Crippen molar-refractivity contribution >= 4 is 37.4 Å². The largest absolute Gasteiger partial charge is 0.524 e. The van der Waals surface area contributed by atoms with Gasteiger partial charge in [0.2, 0.25) is 29.5 Å². The van der Waals surface area contributed by atoms with E-state index in [1.807, 2.05) is 0 Å². The molecule has 15 heteroatoms. The van der Waals surface area contributed by atoms with E-state index in [4.69, 9.17) is 21.3 Å². The third kappa shape index (κ3) is 9.71. The molecule has 14 nitrogen and oxygen atoms in total. The summed E-state index contributed by atoms with van der Waals surface area (Å²) in [5, 5.41) is 6.75. The van der Waals surface area contributed by atoms with Crippen molar-refractivity contribution in [1.29, 1.82) is 0 Å².